The average Bonchev–Trinajstić information content (AvgIpc) is 2.65. The summed E-state index contributed by atoms with van der Waals surface area (Å²) in [6.07, 6.45) is 3.54. The van der Waals surface area contributed by atoms with Gasteiger partial charge in [-0.05, 0) is 24.7 Å². The van der Waals surface area contributed by atoms with Gasteiger partial charge < -0.3 is 15.7 Å². The number of rotatable bonds is 4. The number of aliphatic hydroxyl groups is 1. The zero-order valence-electron chi connectivity index (χ0n) is 8.34. The molecule has 13 heavy (non-hydrogen) atoms. The van der Waals surface area contributed by atoms with E-state index in [0.717, 1.165) is 26.1 Å². The highest BCUT2D eigenvalue weighted by Gasteiger charge is 2.36. The lowest BCUT2D eigenvalue weighted by Gasteiger charge is -2.14. The molecule has 0 spiro atoms. The summed E-state index contributed by atoms with van der Waals surface area (Å²) in [5, 5.41) is 16.1. The summed E-state index contributed by atoms with van der Waals surface area (Å²) >= 11 is 0. The highest BCUT2D eigenvalue weighted by atomic mass is 16.3. The van der Waals surface area contributed by atoms with Crippen LogP contribution in [0.3, 0.4) is 0 Å². The summed E-state index contributed by atoms with van der Waals surface area (Å²) in [6.45, 7) is 5.24. The van der Waals surface area contributed by atoms with Crippen molar-refractivity contribution in [3.63, 3.8) is 0 Å². The summed E-state index contributed by atoms with van der Waals surface area (Å²) in [5.41, 5.74) is 0.594. The van der Waals surface area contributed by atoms with Crippen molar-refractivity contribution in [1.82, 2.24) is 10.6 Å². The van der Waals surface area contributed by atoms with Crippen molar-refractivity contribution in [1.29, 1.82) is 0 Å². The van der Waals surface area contributed by atoms with Gasteiger partial charge in [-0.25, -0.2) is 0 Å². The summed E-state index contributed by atoms with van der Waals surface area (Å²) in [5.74, 6) is 0. The van der Waals surface area contributed by atoms with Crippen LogP contribution in [0.1, 0.15) is 26.2 Å². The second-order valence-corrected chi connectivity index (χ2v) is 4.94. The monoisotopic (exact) mass is 184 g/mol. The topological polar surface area (TPSA) is 44.3 Å². The van der Waals surface area contributed by atoms with E-state index in [-0.39, 0.29) is 6.10 Å². The van der Waals surface area contributed by atoms with Gasteiger partial charge in [0.15, 0.2) is 0 Å². The minimum absolute atomic E-state index is 0.122. The van der Waals surface area contributed by atoms with Gasteiger partial charge >= 0.3 is 0 Å². The Labute approximate surface area is 79.9 Å². The summed E-state index contributed by atoms with van der Waals surface area (Å²) in [4.78, 5) is 0. The Morgan fingerprint density at radius 1 is 1.54 bits per heavy atom. The third kappa shape index (κ3) is 2.66. The first-order chi connectivity index (χ1) is 6.18. The van der Waals surface area contributed by atoms with E-state index in [1.54, 1.807) is 0 Å². The van der Waals surface area contributed by atoms with E-state index in [1.807, 2.05) is 0 Å². The maximum atomic E-state index is 9.28. The summed E-state index contributed by atoms with van der Waals surface area (Å²) < 4.78 is 0. The minimum atomic E-state index is -0.122. The first-order valence-corrected chi connectivity index (χ1v) is 5.30. The lowest BCUT2D eigenvalue weighted by Crippen LogP contribution is -2.36. The molecule has 0 amide bonds. The molecule has 1 heterocycles. The SMILES string of the molecule is CC1(CNCC2CC(O)CN2)CC1. The van der Waals surface area contributed by atoms with Crippen LogP contribution in [0.15, 0.2) is 0 Å². The largest absolute Gasteiger partial charge is 0.392 e. The van der Waals surface area contributed by atoms with Crippen molar-refractivity contribution >= 4 is 0 Å². The van der Waals surface area contributed by atoms with Gasteiger partial charge in [-0.2, -0.15) is 0 Å². The summed E-state index contributed by atoms with van der Waals surface area (Å²) in [7, 11) is 0. The number of β-amino-alcohol motifs (C(OH)–C–C–N with tert-alkyl or cyclic N) is 1. The lowest BCUT2D eigenvalue weighted by molar-refractivity contribution is 0.193. The number of hydrogen-bond acceptors (Lipinski definition) is 3. The second kappa shape index (κ2) is 3.56. The minimum Gasteiger partial charge on any atom is -0.392 e. The number of aliphatic hydroxyl groups excluding tert-OH is 1. The third-order valence-electron chi connectivity index (χ3n) is 3.24. The zero-order valence-corrected chi connectivity index (χ0v) is 8.34. The van der Waals surface area contributed by atoms with Gasteiger partial charge in [0, 0.05) is 25.7 Å². The molecule has 2 aliphatic rings. The Morgan fingerprint density at radius 2 is 2.31 bits per heavy atom. The predicted molar refractivity (Wildman–Crippen MR) is 52.6 cm³/mol. The molecule has 0 aromatic rings. The van der Waals surface area contributed by atoms with Crippen LogP contribution in [-0.2, 0) is 0 Å². The molecule has 3 nitrogen and oxygen atoms in total. The molecule has 2 rings (SSSR count). The van der Waals surface area contributed by atoms with Crippen LogP contribution in [0.25, 0.3) is 0 Å². The van der Waals surface area contributed by atoms with Crippen molar-refractivity contribution < 1.29 is 5.11 Å². The summed E-state index contributed by atoms with van der Waals surface area (Å²) in [6, 6.07) is 0.484. The first-order valence-electron chi connectivity index (χ1n) is 5.30. The normalized spacial score (nSPS) is 36.5. The lowest BCUT2D eigenvalue weighted by atomic mass is 10.1. The Balaban J connectivity index is 1.58. The van der Waals surface area contributed by atoms with E-state index in [1.165, 1.54) is 12.8 Å². The maximum absolute atomic E-state index is 9.28. The van der Waals surface area contributed by atoms with Crippen LogP contribution >= 0.6 is 0 Å². The molecule has 2 atom stereocenters. The van der Waals surface area contributed by atoms with Crippen LogP contribution in [0, 0.1) is 5.41 Å². The van der Waals surface area contributed by atoms with Crippen molar-refractivity contribution in [3.05, 3.63) is 0 Å². The fourth-order valence-corrected chi connectivity index (χ4v) is 1.89. The van der Waals surface area contributed by atoms with Crippen LogP contribution < -0.4 is 10.6 Å². The van der Waals surface area contributed by atoms with Crippen molar-refractivity contribution in [3.8, 4) is 0 Å². The smallest absolute Gasteiger partial charge is 0.0680 e. The molecule has 1 saturated heterocycles. The molecule has 0 aromatic heterocycles. The predicted octanol–water partition coefficient (Wildman–Crippen LogP) is 0.0989. The molecule has 76 valence electrons. The van der Waals surface area contributed by atoms with Crippen LogP contribution in [0.4, 0.5) is 0 Å². The molecule has 1 saturated carbocycles. The third-order valence-corrected chi connectivity index (χ3v) is 3.24. The van der Waals surface area contributed by atoms with Crippen molar-refractivity contribution in [2.45, 2.75) is 38.3 Å². The average molecular weight is 184 g/mol. The van der Waals surface area contributed by atoms with Gasteiger partial charge in [0.1, 0.15) is 0 Å². The zero-order chi connectivity index (χ0) is 9.31. The van der Waals surface area contributed by atoms with Gasteiger partial charge in [-0.15, -0.1) is 0 Å². The molecule has 3 N–H and O–H groups in total. The van der Waals surface area contributed by atoms with Crippen molar-refractivity contribution in [2.75, 3.05) is 19.6 Å². The molecule has 3 heteroatoms. The molecule has 2 fully saturated rings. The van der Waals surface area contributed by atoms with E-state index in [2.05, 4.69) is 17.6 Å². The molecule has 1 aliphatic carbocycles. The standard InChI is InChI=1S/C10H20N2O/c1-10(2-3-10)7-11-5-8-4-9(13)6-12-8/h8-9,11-13H,2-7H2,1H3. The molecule has 1 aliphatic heterocycles. The van der Waals surface area contributed by atoms with Crippen LogP contribution in [0.5, 0.6) is 0 Å². The van der Waals surface area contributed by atoms with E-state index >= 15 is 0 Å². The Hall–Kier alpha value is -0.120. The fourth-order valence-electron chi connectivity index (χ4n) is 1.89. The number of nitrogens with one attached hydrogen (secondary N) is 2. The van der Waals surface area contributed by atoms with Crippen LogP contribution in [0.2, 0.25) is 0 Å². The molecule has 0 bridgehead atoms. The Kier molecular flexibility index (Phi) is 2.58. The van der Waals surface area contributed by atoms with E-state index in [9.17, 15) is 5.11 Å². The molecular formula is C10H20N2O. The Bertz CT molecular complexity index is 180. The molecular weight excluding hydrogens is 164 g/mol. The quantitative estimate of drug-likeness (QED) is 0.580. The highest BCUT2D eigenvalue weighted by molar-refractivity contribution is 4.91. The van der Waals surface area contributed by atoms with Gasteiger partial charge in [-0.1, -0.05) is 6.92 Å². The highest BCUT2D eigenvalue weighted by Crippen LogP contribution is 2.43. The molecule has 2 unspecified atom stereocenters. The molecule has 0 radical (unpaired) electrons. The van der Waals surface area contributed by atoms with Gasteiger partial charge in [0.05, 0.1) is 6.10 Å². The maximum Gasteiger partial charge on any atom is 0.0680 e. The second-order valence-electron chi connectivity index (χ2n) is 4.94. The van der Waals surface area contributed by atoms with Gasteiger partial charge in [-0.3, -0.25) is 0 Å². The van der Waals surface area contributed by atoms with Gasteiger partial charge in [0.2, 0.25) is 0 Å². The molecule has 0 aromatic carbocycles. The number of hydrogen-bond donors (Lipinski definition) is 3. The van der Waals surface area contributed by atoms with Crippen molar-refractivity contribution in [2.24, 2.45) is 5.41 Å². The van der Waals surface area contributed by atoms with E-state index < -0.39 is 0 Å². The Morgan fingerprint density at radius 3 is 2.85 bits per heavy atom. The van der Waals surface area contributed by atoms with E-state index in [4.69, 9.17) is 0 Å². The first kappa shape index (κ1) is 9.44. The van der Waals surface area contributed by atoms with E-state index in [0.29, 0.717) is 11.5 Å². The fraction of sp³-hybridized carbons (Fsp3) is 1.00. The van der Waals surface area contributed by atoms with Gasteiger partial charge in [0.25, 0.3) is 0 Å². The van der Waals surface area contributed by atoms with Crippen LogP contribution in [-0.4, -0.2) is 36.9 Å².